The third-order valence-corrected chi connectivity index (χ3v) is 8.43. The van der Waals surface area contributed by atoms with Gasteiger partial charge in [0.05, 0.1) is 14.1 Å². The normalized spacial score (nSPS) is 24.4. The lowest BCUT2D eigenvalue weighted by Gasteiger charge is -2.18. The quantitative estimate of drug-likeness (QED) is 0.818. The van der Waals surface area contributed by atoms with Crippen LogP contribution in [0.5, 0.6) is 0 Å². The topological polar surface area (TPSA) is 38.4 Å². The lowest BCUT2D eigenvalue weighted by Crippen LogP contribution is -2.35. The third kappa shape index (κ3) is 2.08. The highest BCUT2D eigenvalue weighted by molar-refractivity contribution is 7.26. The fourth-order valence-corrected chi connectivity index (χ4v) is 5.55. The van der Waals surface area contributed by atoms with E-state index in [0.29, 0.717) is 6.04 Å². The third-order valence-electron chi connectivity index (χ3n) is 3.69. The molecule has 2 heterocycles. The van der Waals surface area contributed by atoms with Gasteiger partial charge < -0.3 is 5.73 Å². The molecule has 1 saturated carbocycles. The second-order valence-electron chi connectivity index (χ2n) is 6.32. The van der Waals surface area contributed by atoms with E-state index in [1.807, 2.05) is 11.3 Å². The monoisotopic (exact) mass is 264 g/mol. The molecule has 1 fully saturated rings. The first-order valence-electron chi connectivity index (χ1n) is 6.42. The second kappa shape index (κ2) is 3.69. The van der Waals surface area contributed by atoms with Crippen molar-refractivity contribution in [2.75, 3.05) is 0 Å². The fourth-order valence-electron chi connectivity index (χ4n) is 2.40. The van der Waals surface area contributed by atoms with Crippen molar-refractivity contribution < 1.29 is 0 Å². The van der Waals surface area contributed by atoms with Gasteiger partial charge in [-0.3, -0.25) is 4.99 Å². The van der Waals surface area contributed by atoms with Crippen LogP contribution in [0.2, 0.25) is 19.6 Å². The van der Waals surface area contributed by atoms with E-state index in [1.54, 1.807) is 4.50 Å². The van der Waals surface area contributed by atoms with Crippen molar-refractivity contribution in [3.63, 3.8) is 0 Å². The molecule has 2 nitrogen and oxygen atoms in total. The summed E-state index contributed by atoms with van der Waals surface area (Å²) in [5.74, 6) is 1.61. The summed E-state index contributed by atoms with van der Waals surface area (Å²) in [4.78, 5) is 6.19. The van der Waals surface area contributed by atoms with Gasteiger partial charge in [0.25, 0.3) is 0 Å². The van der Waals surface area contributed by atoms with Crippen LogP contribution < -0.4 is 10.2 Å². The Kier molecular flexibility index (Phi) is 2.49. The zero-order valence-electron chi connectivity index (χ0n) is 10.8. The van der Waals surface area contributed by atoms with Gasteiger partial charge in [-0.15, -0.1) is 11.3 Å². The van der Waals surface area contributed by atoms with Crippen molar-refractivity contribution in [1.82, 2.24) is 0 Å². The highest BCUT2D eigenvalue weighted by atomic mass is 32.1. The number of thiophene rings is 1. The van der Waals surface area contributed by atoms with E-state index in [0.717, 1.165) is 18.2 Å². The molecule has 2 aliphatic rings. The number of nitrogens with zero attached hydrogens (tertiary/aromatic N) is 1. The maximum Gasteiger partial charge on any atom is 0.127 e. The van der Waals surface area contributed by atoms with Crippen LogP contribution in [0.15, 0.2) is 11.1 Å². The van der Waals surface area contributed by atoms with E-state index in [1.165, 1.54) is 23.3 Å². The predicted molar refractivity (Wildman–Crippen MR) is 78.2 cm³/mol. The molecule has 4 heteroatoms. The summed E-state index contributed by atoms with van der Waals surface area (Å²) in [6.07, 6.45) is 3.84. The van der Waals surface area contributed by atoms with Gasteiger partial charge in [0, 0.05) is 16.9 Å². The van der Waals surface area contributed by atoms with Crippen molar-refractivity contribution in [3.05, 3.63) is 16.5 Å². The van der Waals surface area contributed by atoms with Gasteiger partial charge in [-0.25, -0.2) is 0 Å². The Hall–Kier alpha value is -0.613. The molecule has 1 aliphatic heterocycles. The molecule has 1 unspecified atom stereocenters. The van der Waals surface area contributed by atoms with Gasteiger partial charge in [0.1, 0.15) is 5.84 Å². The van der Waals surface area contributed by atoms with Crippen LogP contribution in [-0.2, 0) is 6.42 Å². The van der Waals surface area contributed by atoms with E-state index in [4.69, 9.17) is 10.7 Å². The first-order chi connectivity index (χ1) is 7.95. The molecule has 0 radical (unpaired) electrons. The average Bonchev–Trinajstić information content (AvgIpc) is 2.96. The Morgan fingerprint density at radius 1 is 1.35 bits per heavy atom. The van der Waals surface area contributed by atoms with E-state index in [2.05, 4.69) is 25.7 Å². The van der Waals surface area contributed by atoms with E-state index >= 15 is 0 Å². The average molecular weight is 264 g/mol. The standard InChI is InChI=1S/C13H20N2SSi/c1-17(2,3)12-6-9-11(16-12)7-10(8-4-5-8)15-13(9)14/h6,8,10H,4-5,7H2,1-3H3,(H2,14,15). The van der Waals surface area contributed by atoms with Crippen molar-refractivity contribution in [2.45, 2.75) is 44.9 Å². The number of rotatable bonds is 2. The molecule has 0 saturated heterocycles. The van der Waals surface area contributed by atoms with Crippen LogP contribution in [0.25, 0.3) is 0 Å². The second-order valence-corrected chi connectivity index (χ2v) is 12.9. The molecule has 0 bridgehead atoms. The van der Waals surface area contributed by atoms with Crippen LogP contribution in [0.3, 0.4) is 0 Å². The Labute approximate surface area is 108 Å². The molecule has 3 rings (SSSR count). The summed E-state index contributed by atoms with van der Waals surface area (Å²) in [6, 6.07) is 2.80. The molecule has 0 amide bonds. The zero-order valence-corrected chi connectivity index (χ0v) is 12.6. The van der Waals surface area contributed by atoms with Crippen molar-refractivity contribution in [1.29, 1.82) is 0 Å². The Morgan fingerprint density at radius 2 is 2.06 bits per heavy atom. The molecule has 1 atom stereocenters. The molecule has 0 spiro atoms. The SMILES string of the molecule is C[Si](C)(C)c1cc2c(s1)CC(C1CC1)N=C2N. The number of hydrogen-bond donors (Lipinski definition) is 1. The minimum atomic E-state index is -1.20. The van der Waals surface area contributed by atoms with Crippen LogP contribution in [0.1, 0.15) is 23.3 Å². The summed E-state index contributed by atoms with van der Waals surface area (Å²) in [5.41, 5.74) is 7.37. The first-order valence-corrected chi connectivity index (χ1v) is 10.7. The minimum absolute atomic E-state index is 0.482. The summed E-state index contributed by atoms with van der Waals surface area (Å²) < 4.78 is 1.57. The maximum absolute atomic E-state index is 6.13. The maximum atomic E-state index is 6.13. The molecule has 92 valence electrons. The van der Waals surface area contributed by atoms with Crippen LogP contribution in [-0.4, -0.2) is 20.0 Å². The van der Waals surface area contributed by atoms with E-state index < -0.39 is 8.07 Å². The molecule has 1 aromatic heterocycles. The minimum Gasteiger partial charge on any atom is -0.383 e. The molecular formula is C13H20N2SSi. The van der Waals surface area contributed by atoms with Gasteiger partial charge in [-0.05, 0) is 29.3 Å². The molecular weight excluding hydrogens is 244 g/mol. The number of aliphatic imine (C=N–C) groups is 1. The molecule has 1 aromatic rings. The number of hydrogen-bond acceptors (Lipinski definition) is 3. The zero-order chi connectivity index (χ0) is 12.2. The Balaban J connectivity index is 1.96. The van der Waals surface area contributed by atoms with Gasteiger partial charge in [0.15, 0.2) is 0 Å². The molecule has 17 heavy (non-hydrogen) atoms. The van der Waals surface area contributed by atoms with E-state index in [9.17, 15) is 0 Å². The first kappa shape index (κ1) is 11.5. The van der Waals surface area contributed by atoms with Crippen LogP contribution in [0.4, 0.5) is 0 Å². The van der Waals surface area contributed by atoms with Crippen molar-refractivity contribution in [3.8, 4) is 0 Å². The molecule has 2 N–H and O–H groups in total. The van der Waals surface area contributed by atoms with E-state index in [-0.39, 0.29) is 0 Å². The molecule has 0 aromatic carbocycles. The highest BCUT2D eigenvalue weighted by Crippen LogP contribution is 2.38. The smallest absolute Gasteiger partial charge is 0.127 e. The largest absolute Gasteiger partial charge is 0.383 e. The Morgan fingerprint density at radius 3 is 2.65 bits per heavy atom. The number of fused-ring (bicyclic) bond motifs is 1. The van der Waals surface area contributed by atoms with Gasteiger partial charge >= 0.3 is 0 Å². The Bertz CT molecular complexity index is 480. The van der Waals surface area contributed by atoms with Crippen LogP contribution in [0, 0.1) is 5.92 Å². The lowest BCUT2D eigenvalue weighted by molar-refractivity contribution is 0.591. The predicted octanol–water partition coefficient (Wildman–Crippen LogP) is 2.33. The summed E-state index contributed by atoms with van der Waals surface area (Å²) in [5, 5.41) is 0. The summed E-state index contributed by atoms with van der Waals surface area (Å²) >= 11 is 2.00. The van der Waals surface area contributed by atoms with Crippen LogP contribution >= 0.6 is 11.3 Å². The van der Waals surface area contributed by atoms with Crippen molar-refractivity contribution >= 4 is 29.7 Å². The van der Waals surface area contributed by atoms with Crippen molar-refractivity contribution in [2.24, 2.45) is 16.6 Å². The fraction of sp³-hybridized carbons (Fsp3) is 0.615. The lowest BCUT2D eigenvalue weighted by atomic mass is 10.0. The van der Waals surface area contributed by atoms with Gasteiger partial charge in [-0.2, -0.15) is 0 Å². The van der Waals surface area contributed by atoms with Gasteiger partial charge in [0.2, 0.25) is 0 Å². The summed E-state index contributed by atoms with van der Waals surface area (Å²) in [6.45, 7) is 7.20. The number of amidine groups is 1. The molecule has 1 aliphatic carbocycles. The number of nitrogens with two attached hydrogens (primary N) is 1. The summed E-state index contributed by atoms with van der Waals surface area (Å²) in [7, 11) is -1.20. The van der Waals surface area contributed by atoms with Gasteiger partial charge in [-0.1, -0.05) is 19.6 Å². The highest BCUT2D eigenvalue weighted by Gasteiger charge is 2.35.